The Morgan fingerprint density at radius 2 is 1.76 bits per heavy atom. The van der Waals surface area contributed by atoms with Crippen LogP contribution in [-0.4, -0.2) is 52.6 Å². The van der Waals surface area contributed by atoms with Crippen molar-refractivity contribution in [3.05, 3.63) is 59.2 Å². The number of aryl methyl sites for hydroxylation is 1. The van der Waals surface area contributed by atoms with E-state index in [9.17, 15) is 14.4 Å². The third-order valence-corrected chi connectivity index (χ3v) is 5.84. The fraction of sp³-hybridized carbons (Fsp3) is 0.261. The third kappa shape index (κ3) is 5.40. The topological polar surface area (TPSA) is 112 Å². The normalized spacial score (nSPS) is 10.5. The minimum atomic E-state index is -0.636. The van der Waals surface area contributed by atoms with E-state index in [1.807, 2.05) is 42.7 Å². The predicted molar refractivity (Wildman–Crippen MR) is 124 cm³/mol. The number of nitrogens with one attached hydrogen (secondary N) is 1. The second-order valence-electron chi connectivity index (χ2n) is 6.95. The smallest absolute Gasteiger partial charge is 0.339 e. The molecular formula is C23H24N4O5S. The second kappa shape index (κ2) is 10.8. The third-order valence-electron chi connectivity index (χ3n) is 4.87. The predicted octanol–water partition coefficient (Wildman–Crippen LogP) is 3.58. The van der Waals surface area contributed by atoms with E-state index in [2.05, 4.69) is 15.5 Å². The highest BCUT2D eigenvalue weighted by atomic mass is 32.2. The number of anilines is 1. The summed E-state index contributed by atoms with van der Waals surface area (Å²) < 4.78 is 11.4. The van der Waals surface area contributed by atoms with Gasteiger partial charge >= 0.3 is 11.9 Å². The maximum atomic E-state index is 12.7. The lowest BCUT2D eigenvalue weighted by molar-refractivity contribution is -0.113. The quantitative estimate of drug-likeness (QED) is 0.394. The lowest BCUT2D eigenvalue weighted by Gasteiger charge is -2.12. The van der Waals surface area contributed by atoms with E-state index in [-0.39, 0.29) is 28.5 Å². The molecule has 172 valence electrons. The Hall–Kier alpha value is -3.66. The van der Waals surface area contributed by atoms with Gasteiger partial charge in [0.25, 0.3) is 0 Å². The summed E-state index contributed by atoms with van der Waals surface area (Å²) in [7, 11) is 2.49. The molecule has 3 rings (SSSR count). The summed E-state index contributed by atoms with van der Waals surface area (Å²) in [6.45, 7) is 4.62. The van der Waals surface area contributed by atoms with Crippen LogP contribution < -0.4 is 5.32 Å². The van der Waals surface area contributed by atoms with Crippen molar-refractivity contribution in [3.63, 3.8) is 0 Å². The average molecular weight is 469 g/mol. The van der Waals surface area contributed by atoms with E-state index in [4.69, 9.17) is 9.47 Å². The zero-order chi connectivity index (χ0) is 24.0. The van der Waals surface area contributed by atoms with Crippen LogP contribution in [0.4, 0.5) is 5.69 Å². The Morgan fingerprint density at radius 3 is 2.42 bits per heavy atom. The van der Waals surface area contributed by atoms with E-state index >= 15 is 0 Å². The lowest BCUT2D eigenvalue weighted by Crippen LogP contribution is -2.18. The fourth-order valence-electron chi connectivity index (χ4n) is 3.20. The number of aromatic nitrogens is 3. The molecule has 1 amide bonds. The Morgan fingerprint density at radius 1 is 1.03 bits per heavy atom. The molecule has 0 aliphatic heterocycles. The van der Waals surface area contributed by atoms with Gasteiger partial charge in [-0.15, -0.1) is 10.2 Å². The zero-order valence-electron chi connectivity index (χ0n) is 18.7. The van der Waals surface area contributed by atoms with E-state index in [1.165, 1.54) is 44.2 Å². The van der Waals surface area contributed by atoms with Gasteiger partial charge in [0.15, 0.2) is 11.0 Å². The summed E-state index contributed by atoms with van der Waals surface area (Å²) >= 11 is 1.22. The minimum Gasteiger partial charge on any atom is -0.465 e. The molecular weight excluding hydrogens is 444 g/mol. The van der Waals surface area contributed by atoms with E-state index in [0.717, 1.165) is 17.0 Å². The molecule has 10 heteroatoms. The molecule has 0 aliphatic rings. The Kier molecular flexibility index (Phi) is 7.83. The average Bonchev–Trinajstić information content (AvgIpc) is 3.24. The molecule has 2 aromatic carbocycles. The monoisotopic (exact) mass is 468 g/mol. The van der Waals surface area contributed by atoms with Gasteiger partial charge in [-0.1, -0.05) is 36.0 Å². The molecule has 0 aliphatic carbocycles. The van der Waals surface area contributed by atoms with Crippen LogP contribution in [0.2, 0.25) is 0 Å². The second-order valence-corrected chi connectivity index (χ2v) is 7.89. The molecule has 0 saturated heterocycles. The summed E-state index contributed by atoms with van der Waals surface area (Å²) in [5, 5.41) is 11.8. The number of ether oxygens (including phenoxy) is 2. The van der Waals surface area contributed by atoms with Crippen LogP contribution in [0.15, 0.2) is 47.6 Å². The first kappa shape index (κ1) is 24.0. The highest BCUT2D eigenvalue weighted by Gasteiger charge is 2.19. The number of amides is 1. The summed E-state index contributed by atoms with van der Waals surface area (Å²) in [5.41, 5.74) is 2.54. The molecule has 1 heterocycles. The molecule has 3 aromatic rings. The number of hydrogen-bond donors (Lipinski definition) is 1. The van der Waals surface area contributed by atoms with Crippen LogP contribution in [0.1, 0.15) is 33.2 Å². The molecule has 1 aromatic heterocycles. The van der Waals surface area contributed by atoms with Gasteiger partial charge in [0.05, 0.1) is 36.8 Å². The molecule has 0 radical (unpaired) electrons. The number of methoxy groups -OCH3 is 2. The number of esters is 2. The van der Waals surface area contributed by atoms with Crippen molar-refractivity contribution in [1.29, 1.82) is 0 Å². The van der Waals surface area contributed by atoms with Crippen molar-refractivity contribution < 1.29 is 23.9 Å². The maximum Gasteiger partial charge on any atom is 0.339 e. The van der Waals surface area contributed by atoms with Crippen LogP contribution in [0.25, 0.3) is 11.4 Å². The SMILES string of the molecule is CCn1c(SCC(=O)Nc2cc(C(=O)OC)ccc2C(=O)OC)nnc1-c1ccccc1C. The number of nitrogens with zero attached hydrogens (tertiary/aromatic N) is 3. The van der Waals surface area contributed by atoms with Crippen molar-refractivity contribution in [2.24, 2.45) is 0 Å². The molecule has 33 heavy (non-hydrogen) atoms. The van der Waals surface area contributed by atoms with Gasteiger partial charge < -0.3 is 19.4 Å². The largest absolute Gasteiger partial charge is 0.465 e. The minimum absolute atomic E-state index is 0.0228. The van der Waals surface area contributed by atoms with Gasteiger partial charge in [-0.05, 0) is 37.6 Å². The number of rotatable bonds is 8. The van der Waals surface area contributed by atoms with Crippen molar-refractivity contribution in [3.8, 4) is 11.4 Å². The van der Waals surface area contributed by atoms with E-state index in [1.54, 1.807) is 0 Å². The fourth-order valence-corrected chi connectivity index (χ4v) is 4.00. The highest BCUT2D eigenvalue weighted by molar-refractivity contribution is 7.99. The zero-order valence-corrected chi connectivity index (χ0v) is 19.6. The van der Waals surface area contributed by atoms with E-state index < -0.39 is 11.9 Å². The number of carbonyl (C=O) groups is 3. The Balaban J connectivity index is 1.78. The first-order valence-corrected chi connectivity index (χ1v) is 11.1. The van der Waals surface area contributed by atoms with Gasteiger partial charge in [-0.25, -0.2) is 9.59 Å². The van der Waals surface area contributed by atoms with Crippen LogP contribution >= 0.6 is 11.8 Å². The summed E-state index contributed by atoms with van der Waals surface area (Å²) in [6.07, 6.45) is 0. The first-order valence-electron chi connectivity index (χ1n) is 10.1. The first-order chi connectivity index (χ1) is 15.9. The molecule has 1 N–H and O–H groups in total. The van der Waals surface area contributed by atoms with Crippen LogP contribution in [0.3, 0.4) is 0 Å². The molecule has 9 nitrogen and oxygen atoms in total. The van der Waals surface area contributed by atoms with Gasteiger partial charge in [0.1, 0.15) is 0 Å². The summed E-state index contributed by atoms with van der Waals surface area (Å²) in [5.74, 6) is -0.846. The Labute approximate surface area is 195 Å². The van der Waals surface area contributed by atoms with Crippen molar-refractivity contribution in [1.82, 2.24) is 14.8 Å². The molecule has 0 spiro atoms. The van der Waals surface area contributed by atoms with Gasteiger partial charge in [0, 0.05) is 12.1 Å². The van der Waals surface area contributed by atoms with Crippen LogP contribution in [0, 0.1) is 6.92 Å². The van der Waals surface area contributed by atoms with Crippen molar-refractivity contribution in [2.75, 3.05) is 25.3 Å². The van der Waals surface area contributed by atoms with Gasteiger partial charge in [-0.2, -0.15) is 0 Å². The molecule has 0 bridgehead atoms. The number of thioether (sulfide) groups is 1. The molecule has 0 atom stereocenters. The Bertz CT molecular complexity index is 1190. The van der Waals surface area contributed by atoms with Crippen LogP contribution in [-0.2, 0) is 20.8 Å². The van der Waals surface area contributed by atoms with Crippen LogP contribution in [0.5, 0.6) is 0 Å². The van der Waals surface area contributed by atoms with Gasteiger partial charge in [-0.3, -0.25) is 4.79 Å². The summed E-state index contributed by atoms with van der Waals surface area (Å²) in [4.78, 5) is 36.6. The molecule has 0 unspecified atom stereocenters. The summed E-state index contributed by atoms with van der Waals surface area (Å²) in [6, 6.07) is 12.1. The molecule has 0 saturated carbocycles. The van der Waals surface area contributed by atoms with Crippen molar-refractivity contribution >= 4 is 35.3 Å². The lowest BCUT2D eigenvalue weighted by atomic mass is 10.1. The standard InChI is InChI=1S/C23H24N4O5S/c1-5-27-20(16-9-7-6-8-14(16)2)25-26-23(27)33-13-19(28)24-18-12-15(21(29)31-3)10-11-17(18)22(30)32-4/h6-12H,5,13H2,1-4H3,(H,24,28). The highest BCUT2D eigenvalue weighted by Crippen LogP contribution is 2.27. The number of benzene rings is 2. The van der Waals surface area contributed by atoms with Crippen molar-refractivity contribution in [2.45, 2.75) is 25.5 Å². The number of hydrogen-bond acceptors (Lipinski definition) is 8. The molecule has 0 fully saturated rings. The van der Waals surface area contributed by atoms with Gasteiger partial charge in [0.2, 0.25) is 5.91 Å². The van der Waals surface area contributed by atoms with E-state index in [0.29, 0.717) is 11.7 Å². The number of carbonyl (C=O) groups excluding carboxylic acids is 3. The maximum absolute atomic E-state index is 12.7.